The van der Waals surface area contributed by atoms with Gasteiger partial charge in [0.15, 0.2) is 17.6 Å². The monoisotopic (exact) mass is 432 g/mol. The fraction of sp³-hybridized carbons (Fsp3) is 0.381. The second-order valence-corrected chi connectivity index (χ2v) is 7.48. The van der Waals surface area contributed by atoms with E-state index in [-0.39, 0.29) is 17.8 Å². The van der Waals surface area contributed by atoms with Crippen LogP contribution in [-0.4, -0.2) is 49.6 Å². The smallest absolute Gasteiger partial charge is 0.224 e. The highest BCUT2D eigenvalue weighted by Crippen LogP contribution is 2.20. The number of benzene rings is 1. The van der Waals surface area contributed by atoms with Crippen LogP contribution in [0.4, 0.5) is 15.9 Å². The number of hydrogen-bond acceptors (Lipinski definition) is 4. The summed E-state index contributed by atoms with van der Waals surface area (Å²) >= 11 is 5.84. The maximum Gasteiger partial charge on any atom is 0.224 e. The summed E-state index contributed by atoms with van der Waals surface area (Å²) in [5, 5.41) is 10.0. The predicted octanol–water partition coefficient (Wildman–Crippen LogP) is 3.04. The van der Waals surface area contributed by atoms with Gasteiger partial charge in [0.05, 0.1) is 0 Å². The summed E-state index contributed by atoms with van der Waals surface area (Å²) in [6, 6.07) is 10.2. The van der Waals surface area contributed by atoms with Crippen LogP contribution >= 0.6 is 11.6 Å². The second-order valence-electron chi connectivity index (χ2n) is 7.04. The molecular formula is C21H26ClFN6O. The van der Waals surface area contributed by atoms with Crippen molar-refractivity contribution in [3.63, 3.8) is 0 Å². The highest BCUT2D eigenvalue weighted by Gasteiger charge is 2.25. The number of nitrogens with one attached hydrogen (secondary N) is 3. The molecule has 0 spiro atoms. The number of guanidine groups is 1. The first-order valence-corrected chi connectivity index (χ1v) is 10.3. The Morgan fingerprint density at radius 1 is 1.33 bits per heavy atom. The van der Waals surface area contributed by atoms with E-state index in [0.29, 0.717) is 42.7 Å². The van der Waals surface area contributed by atoms with Gasteiger partial charge in [-0.05, 0) is 49.2 Å². The first-order chi connectivity index (χ1) is 14.5. The Morgan fingerprint density at radius 2 is 2.13 bits per heavy atom. The van der Waals surface area contributed by atoms with Crippen LogP contribution in [0.5, 0.6) is 0 Å². The SMILES string of the molecule is CN=C(NCCCC(=O)Nc1ccc(Cl)cc1)NC1CCN(c2ncccc2F)C1. The number of nitrogens with zero attached hydrogens (tertiary/aromatic N) is 3. The summed E-state index contributed by atoms with van der Waals surface area (Å²) in [5.41, 5.74) is 0.727. The lowest BCUT2D eigenvalue weighted by molar-refractivity contribution is -0.116. The molecular weight excluding hydrogens is 407 g/mol. The highest BCUT2D eigenvalue weighted by molar-refractivity contribution is 6.30. The Bertz CT molecular complexity index is 876. The van der Waals surface area contributed by atoms with Gasteiger partial charge in [0.2, 0.25) is 5.91 Å². The third-order valence-electron chi connectivity index (χ3n) is 4.79. The third kappa shape index (κ3) is 6.32. The van der Waals surface area contributed by atoms with Crippen molar-refractivity contribution in [3.8, 4) is 0 Å². The van der Waals surface area contributed by atoms with Gasteiger partial charge in [-0.3, -0.25) is 9.79 Å². The van der Waals surface area contributed by atoms with E-state index in [1.807, 2.05) is 4.90 Å². The van der Waals surface area contributed by atoms with Crippen molar-refractivity contribution in [1.29, 1.82) is 0 Å². The van der Waals surface area contributed by atoms with Crippen LogP contribution in [0.2, 0.25) is 5.02 Å². The van der Waals surface area contributed by atoms with Crippen LogP contribution < -0.4 is 20.9 Å². The number of carbonyl (C=O) groups excluding carboxylic acids is 1. The number of aliphatic imine (C=N–C) groups is 1. The minimum atomic E-state index is -0.308. The van der Waals surface area contributed by atoms with E-state index in [4.69, 9.17) is 11.6 Å². The van der Waals surface area contributed by atoms with Gasteiger partial charge in [0.1, 0.15) is 0 Å². The van der Waals surface area contributed by atoms with Crippen LogP contribution in [0.3, 0.4) is 0 Å². The summed E-state index contributed by atoms with van der Waals surface area (Å²) < 4.78 is 13.9. The second kappa shape index (κ2) is 10.8. The fourth-order valence-electron chi connectivity index (χ4n) is 3.28. The molecule has 7 nitrogen and oxygen atoms in total. The molecule has 1 unspecified atom stereocenters. The average molecular weight is 433 g/mol. The molecule has 1 saturated heterocycles. The molecule has 160 valence electrons. The molecule has 0 bridgehead atoms. The number of hydrogen-bond donors (Lipinski definition) is 3. The van der Waals surface area contributed by atoms with Crippen molar-refractivity contribution in [2.75, 3.05) is 36.9 Å². The summed E-state index contributed by atoms with van der Waals surface area (Å²) in [4.78, 5) is 22.3. The summed E-state index contributed by atoms with van der Waals surface area (Å²) in [5.74, 6) is 0.696. The Hall–Kier alpha value is -2.87. The summed E-state index contributed by atoms with van der Waals surface area (Å²) in [7, 11) is 1.70. The highest BCUT2D eigenvalue weighted by atomic mass is 35.5. The first kappa shape index (κ1) is 21.8. The van der Waals surface area contributed by atoms with Crippen molar-refractivity contribution in [3.05, 3.63) is 53.4 Å². The lowest BCUT2D eigenvalue weighted by Gasteiger charge is -2.20. The normalized spacial score (nSPS) is 16.4. The summed E-state index contributed by atoms with van der Waals surface area (Å²) in [6.45, 7) is 1.99. The molecule has 30 heavy (non-hydrogen) atoms. The number of aromatic nitrogens is 1. The van der Waals surface area contributed by atoms with Gasteiger partial charge in [0, 0.05) is 56.1 Å². The molecule has 0 saturated carbocycles. The van der Waals surface area contributed by atoms with Crippen molar-refractivity contribution in [1.82, 2.24) is 15.6 Å². The number of rotatable bonds is 7. The molecule has 1 aromatic carbocycles. The molecule has 2 aromatic rings. The topological polar surface area (TPSA) is 81.6 Å². The molecule has 1 aliphatic heterocycles. The minimum absolute atomic E-state index is 0.0501. The molecule has 1 fully saturated rings. The molecule has 1 aliphatic rings. The standard InChI is InChI=1S/C21H26ClFN6O/c1-24-21(26-12-3-5-19(30)27-16-8-6-15(22)7-9-16)28-17-10-13-29(14-17)20-18(23)4-2-11-25-20/h2,4,6-9,11,17H,3,5,10,12-14H2,1H3,(H,27,30)(H2,24,26,28). The molecule has 1 amide bonds. The fourth-order valence-corrected chi connectivity index (χ4v) is 3.41. The van der Waals surface area contributed by atoms with Crippen molar-refractivity contribution >= 4 is 35.0 Å². The number of anilines is 2. The Balaban J connectivity index is 1.36. The van der Waals surface area contributed by atoms with Crippen LogP contribution in [0.15, 0.2) is 47.6 Å². The van der Waals surface area contributed by atoms with Crippen molar-refractivity contribution in [2.24, 2.45) is 4.99 Å². The molecule has 2 heterocycles. The quantitative estimate of drug-likeness (QED) is 0.356. The molecule has 3 N–H and O–H groups in total. The van der Waals surface area contributed by atoms with Crippen LogP contribution in [-0.2, 0) is 4.79 Å². The van der Waals surface area contributed by atoms with Crippen molar-refractivity contribution in [2.45, 2.75) is 25.3 Å². The Labute approximate surface area is 180 Å². The zero-order valence-corrected chi connectivity index (χ0v) is 17.6. The van der Waals surface area contributed by atoms with E-state index < -0.39 is 0 Å². The van der Waals surface area contributed by atoms with Gasteiger partial charge >= 0.3 is 0 Å². The molecule has 1 atom stereocenters. The van der Waals surface area contributed by atoms with Crippen molar-refractivity contribution < 1.29 is 9.18 Å². The van der Waals surface area contributed by atoms with E-state index >= 15 is 0 Å². The number of halogens is 2. The lowest BCUT2D eigenvalue weighted by atomic mass is 10.2. The third-order valence-corrected chi connectivity index (χ3v) is 5.04. The molecule has 0 radical (unpaired) electrons. The van der Waals surface area contributed by atoms with E-state index in [1.165, 1.54) is 6.07 Å². The number of pyridine rings is 1. The number of amides is 1. The van der Waals surface area contributed by atoms with Gasteiger partial charge in [-0.15, -0.1) is 0 Å². The van der Waals surface area contributed by atoms with Gasteiger partial charge in [-0.25, -0.2) is 9.37 Å². The largest absolute Gasteiger partial charge is 0.356 e. The average Bonchev–Trinajstić information content (AvgIpc) is 3.20. The van der Waals surface area contributed by atoms with Gasteiger partial charge in [0.25, 0.3) is 0 Å². The zero-order chi connectivity index (χ0) is 21.3. The van der Waals surface area contributed by atoms with E-state index in [2.05, 4.69) is 25.9 Å². The predicted molar refractivity (Wildman–Crippen MR) is 119 cm³/mol. The zero-order valence-electron chi connectivity index (χ0n) is 16.9. The number of carbonyl (C=O) groups is 1. The van der Waals surface area contributed by atoms with Crippen LogP contribution in [0, 0.1) is 5.82 Å². The lowest BCUT2D eigenvalue weighted by Crippen LogP contribution is -2.45. The maximum atomic E-state index is 13.9. The molecule has 9 heteroatoms. The minimum Gasteiger partial charge on any atom is -0.356 e. The summed E-state index contributed by atoms with van der Waals surface area (Å²) in [6.07, 6.45) is 3.52. The maximum absolute atomic E-state index is 13.9. The van der Waals surface area contributed by atoms with Gasteiger partial charge < -0.3 is 20.9 Å². The van der Waals surface area contributed by atoms with E-state index in [1.54, 1.807) is 43.6 Å². The van der Waals surface area contributed by atoms with Gasteiger partial charge in [-0.1, -0.05) is 11.6 Å². The molecule has 3 rings (SSSR count). The molecule has 1 aromatic heterocycles. The molecule has 0 aliphatic carbocycles. The Morgan fingerprint density at radius 3 is 2.87 bits per heavy atom. The van der Waals surface area contributed by atoms with Crippen LogP contribution in [0.25, 0.3) is 0 Å². The first-order valence-electron chi connectivity index (χ1n) is 9.93. The Kier molecular flexibility index (Phi) is 7.84. The van der Waals surface area contributed by atoms with E-state index in [0.717, 1.165) is 18.7 Å². The van der Waals surface area contributed by atoms with Gasteiger partial charge in [-0.2, -0.15) is 0 Å². The van der Waals surface area contributed by atoms with Crippen LogP contribution in [0.1, 0.15) is 19.3 Å². The van der Waals surface area contributed by atoms with E-state index in [9.17, 15) is 9.18 Å².